The highest BCUT2D eigenvalue weighted by atomic mass is 32.1. The van der Waals surface area contributed by atoms with Gasteiger partial charge in [0.2, 0.25) is 0 Å². The molecule has 0 bridgehead atoms. The van der Waals surface area contributed by atoms with E-state index in [9.17, 15) is 0 Å². The van der Waals surface area contributed by atoms with Crippen molar-refractivity contribution in [1.82, 2.24) is 15.0 Å². The van der Waals surface area contributed by atoms with Crippen LogP contribution in [0.1, 0.15) is 0 Å². The van der Waals surface area contributed by atoms with E-state index in [2.05, 4.69) is 146 Å². The Bertz CT molecular complexity index is 3510. The highest BCUT2D eigenvalue weighted by Gasteiger charge is 2.17. The molecule has 0 aliphatic rings. The van der Waals surface area contributed by atoms with Gasteiger partial charge < -0.3 is 4.42 Å². The summed E-state index contributed by atoms with van der Waals surface area (Å²) in [5, 5.41) is 12.2. The van der Waals surface area contributed by atoms with Crippen LogP contribution in [-0.4, -0.2) is 15.0 Å². The molecule has 0 saturated heterocycles. The molecule has 56 heavy (non-hydrogen) atoms. The summed E-state index contributed by atoms with van der Waals surface area (Å²) in [4.78, 5) is 15.1. The number of rotatable bonds is 4. The van der Waals surface area contributed by atoms with E-state index in [1.54, 1.807) is 11.3 Å². The second-order valence-corrected chi connectivity index (χ2v) is 15.4. The van der Waals surface area contributed by atoms with Gasteiger partial charge in [0, 0.05) is 47.6 Å². The quantitative estimate of drug-likeness (QED) is 0.169. The van der Waals surface area contributed by atoms with Gasteiger partial charge in [-0.3, -0.25) is 0 Å². The molecule has 12 rings (SSSR count). The van der Waals surface area contributed by atoms with Crippen molar-refractivity contribution in [3.8, 4) is 45.3 Å². The van der Waals surface area contributed by atoms with Crippen LogP contribution in [0.3, 0.4) is 0 Å². The molecule has 0 fully saturated rings. The van der Waals surface area contributed by atoms with Gasteiger partial charge in [0.05, 0.1) is 0 Å². The molecule has 260 valence electrons. The average Bonchev–Trinajstić information content (AvgIpc) is 3.83. The maximum Gasteiger partial charge on any atom is 0.164 e. The van der Waals surface area contributed by atoms with Gasteiger partial charge in [-0.25, -0.2) is 15.0 Å². The summed E-state index contributed by atoms with van der Waals surface area (Å²) in [5.74, 6) is 1.87. The van der Waals surface area contributed by atoms with Crippen LogP contribution in [0.5, 0.6) is 0 Å². The van der Waals surface area contributed by atoms with Gasteiger partial charge in [-0.15, -0.1) is 11.3 Å². The first kappa shape index (κ1) is 31.2. The first-order valence-corrected chi connectivity index (χ1v) is 19.6. The van der Waals surface area contributed by atoms with Gasteiger partial charge in [-0.1, -0.05) is 121 Å². The lowest BCUT2D eigenvalue weighted by Crippen LogP contribution is -2.00. The molecule has 5 heteroatoms. The largest absolute Gasteiger partial charge is 0.456 e. The molecule has 0 spiro atoms. The minimum Gasteiger partial charge on any atom is -0.456 e. The maximum atomic E-state index is 6.52. The minimum absolute atomic E-state index is 0.600. The molecule has 0 N–H and O–H groups in total. The van der Waals surface area contributed by atoms with Gasteiger partial charge in [-0.05, 0) is 98.0 Å². The first-order chi connectivity index (χ1) is 27.7. The topological polar surface area (TPSA) is 51.8 Å². The highest BCUT2D eigenvalue weighted by molar-refractivity contribution is 7.25. The molecular formula is C51H29N3OS. The lowest BCUT2D eigenvalue weighted by Gasteiger charge is -2.12. The van der Waals surface area contributed by atoms with Crippen molar-refractivity contribution in [2.24, 2.45) is 0 Å². The van der Waals surface area contributed by atoms with E-state index in [0.29, 0.717) is 17.5 Å². The number of aromatic nitrogens is 3. The van der Waals surface area contributed by atoms with Crippen LogP contribution in [0.4, 0.5) is 0 Å². The van der Waals surface area contributed by atoms with Crippen LogP contribution in [0.15, 0.2) is 180 Å². The number of furan rings is 1. The average molecular weight is 732 g/mol. The normalized spacial score (nSPS) is 11.9. The molecule has 0 atom stereocenters. The molecule has 0 radical (unpaired) electrons. The van der Waals surface area contributed by atoms with E-state index >= 15 is 0 Å². The van der Waals surface area contributed by atoms with E-state index in [4.69, 9.17) is 19.4 Å². The Morgan fingerprint density at radius 3 is 1.50 bits per heavy atom. The Hall–Kier alpha value is -7.21. The fraction of sp³-hybridized carbons (Fsp3) is 0. The molecule has 0 unspecified atom stereocenters. The van der Waals surface area contributed by atoms with Crippen molar-refractivity contribution >= 4 is 85.8 Å². The zero-order valence-electron chi connectivity index (χ0n) is 29.9. The molecule has 0 aliphatic heterocycles. The van der Waals surface area contributed by atoms with Crippen molar-refractivity contribution in [3.63, 3.8) is 0 Å². The number of hydrogen-bond donors (Lipinski definition) is 0. The smallest absolute Gasteiger partial charge is 0.164 e. The Balaban J connectivity index is 0.978. The van der Waals surface area contributed by atoms with E-state index < -0.39 is 0 Å². The second kappa shape index (κ2) is 12.2. The third kappa shape index (κ3) is 4.88. The van der Waals surface area contributed by atoms with Gasteiger partial charge >= 0.3 is 0 Å². The maximum absolute atomic E-state index is 6.52. The minimum atomic E-state index is 0.600. The van der Waals surface area contributed by atoms with Gasteiger partial charge in [0.25, 0.3) is 0 Å². The molecular weight excluding hydrogens is 703 g/mol. The first-order valence-electron chi connectivity index (χ1n) is 18.8. The zero-order chi connectivity index (χ0) is 36.7. The van der Waals surface area contributed by atoms with E-state index in [-0.39, 0.29) is 0 Å². The lowest BCUT2D eigenvalue weighted by molar-refractivity contribution is 0.669. The second-order valence-electron chi connectivity index (χ2n) is 14.4. The van der Waals surface area contributed by atoms with Crippen LogP contribution in [0.25, 0.3) is 120 Å². The summed E-state index contributed by atoms with van der Waals surface area (Å²) >= 11 is 1.80. The fourth-order valence-electron chi connectivity index (χ4n) is 8.40. The molecule has 4 nitrogen and oxygen atoms in total. The third-order valence-electron chi connectivity index (χ3n) is 11.1. The van der Waals surface area contributed by atoms with Crippen molar-refractivity contribution in [3.05, 3.63) is 176 Å². The number of thiophene rings is 1. The molecule has 9 aromatic carbocycles. The summed E-state index contributed by atoms with van der Waals surface area (Å²) in [6.45, 7) is 0. The van der Waals surface area contributed by atoms with E-state index in [1.165, 1.54) is 58.1 Å². The Kier molecular flexibility index (Phi) is 6.76. The summed E-state index contributed by atoms with van der Waals surface area (Å²) in [7, 11) is 0. The van der Waals surface area contributed by atoms with E-state index in [0.717, 1.165) is 44.2 Å². The summed E-state index contributed by atoms with van der Waals surface area (Å²) in [6.07, 6.45) is 0. The zero-order valence-corrected chi connectivity index (χ0v) is 30.7. The fourth-order valence-corrected chi connectivity index (χ4v) is 9.49. The van der Waals surface area contributed by atoms with Crippen molar-refractivity contribution in [2.75, 3.05) is 0 Å². The molecule has 0 aliphatic carbocycles. The number of hydrogen-bond acceptors (Lipinski definition) is 5. The predicted molar refractivity (Wildman–Crippen MR) is 234 cm³/mol. The molecule has 12 aromatic rings. The number of benzene rings is 9. The SMILES string of the molecule is c1ccc(-c2nc(-c3ccc4c(c3)oc3ccc(-c5ccc6c7ccccc7c7ccccc7c6c5)cc34)nc(-c3ccc4sc5ccccc5c4c3)n2)cc1. The molecule has 0 saturated carbocycles. The van der Waals surface area contributed by atoms with Crippen LogP contribution in [0, 0.1) is 0 Å². The summed E-state index contributed by atoms with van der Waals surface area (Å²) < 4.78 is 9.04. The van der Waals surface area contributed by atoms with Crippen molar-refractivity contribution in [1.29, 1.82) is 0 Å². The predicted octanol–water partition coefficient (Wildman–Crippen LogP) is 14.3. The molecule has 3 heterocycles. The monoisotopic (exact) mass is 731 g/mol. The highest BCUT2D eigenvalue weighted by Crippen LogP contribution is 2.40. The summed E-state index contributed by atoms with van der Waals surface area (Å²) in [6, 6.07) is 62.3. The third-order valence-corrected chi connectivity index (χ3v) is 12.3. The van der Waals surface area contributed by atoms with Crippen LogP contribution >= 0.6 is 11.3 Å². The van der Waals surface area contributed by atoms with Crippen LogP contribution in [0.2, 0.25) is 0 Å². The van der Waals surface area contributed by atoms with Crippen molar-refractivity contribution < 1.29 is 4.42 Å². The van der Waals surface area contributed by atoms with Gasteiger partial charge in [0.15, 0.2) is 17.5 Å². The van der Waals surface area contributed by atoms with Crippen LogP contribution < -0.4 is 0 Å². The standard InChI is InChI=1S/C51H29N3OS/c1-2-10-30(11-3-1)49-52-50(33-21-25-48-44(28-33)41-16-8-9-17-47(41)56-48)54-51(53-49)34-19-23-40-43-27-32(20-24-45(43)55-46(40)29-34)31-18-22-39-37-14-5-4-12-35(37)36-13-6-7-15-38(36)42(39)26-31/h1-29H. The van der Waals surface area contributed by atoms with E-state index in [1.807, 2.05) is 30.3 Å². The van der Waals surface area contributed by atoms with Crippen molar-refractivity contribution in [2.45, 2.75) is 0 Å². The summed E-state index contributed by atoms with van der Waals surface area (Å²) in [5.41, 5.74) is 6.71. The van der Waals surface area contributed by atoms with Crippen LogP contribution in [-0.2, 0) is 0 Å². The van der Waals surface area contributed by atoms with Gasteiger partial charge in [0.1, 0.15) is 11.2 Å². The number of fused-ring (bicyclic) bond motifs is 12. The van der Waals surface area contributed by atoms with Gasteiger partial charge in [-0.2, -0.15) is 0 Å². The Morgan fingerprint density at radius 2 is 0.768 bits per heavy atom. The Morgan fingerprint density at radius 1 is 0.286 bits per heavy atom. The molecule has 3 aromatic heterocycles. The lowest BCUT2D eigenvalue weighted by atomic mass is 9.92. The number of nitrogens with zero attached hydrogens (tertiary/aromatic N) is 3. The Labute approximate surface area is 325 Å². The molecule has 0 amide bonds.